The van der Waals surface area contributed by atoms with Gasteiger partial charge in [0.15, 0.2) is 0 Å². The van der Waals surface area contributed by atoms with Crippen LogP contribution in [-0.4, -0.2) is 12.9 Å². The van der Waals surface area contributed by atoms with Crippen molar-refractivity contribution in [1.29, 1.82) is 0 Å². The van der Waals surface area contributed by atoms with Crippen molar-refractivity contribution in [1.82, 2.24) is 5.32 Å². The molecule has 1 N–H and O–H groups in total. The van der Waals surface area contributed by atoms with E-state index in [0.29, 0.717) is 0 Å². The van der Waals surface area contributed by atoms with Gasteiger partial charge in [0.25, 0.3) is 0 Å². The van der Waals surface area contributed by atoms with E-state index in [9.17, 15) is 0 Å². The first-order valence-electron chi connectivity index (χ1n) is 12.8. The van der Waals surface area contributed by atoms with E-state index in [1.807, 2.05) is 30.6 Å². The largest absolute Gasteiger partial charge is 0.363 e. The Morgan fingerprint density at radius 2 is 1.10 bits per heavy atom. The Morgan fingerprint density at radius 3 is 1.64 bits per heavy atom. The Balaban J connectivity index is 0.00000277. The molecule has 0 fully saturated rings. The van der Waals surface area contributed by atoms with Crippen molar-refractivity contribution in [3.63, 3.8) is 0 Å². The zero-order chi connectivity index (χ0) is 25.6. The molecule has 1 atom stereocenters. The van der Waals surface area contributed by atoms with Gasteiger partial charge in [0, 0.05) is 49.3 Å². The van der Waals surface area contributed by atoms with E-state index in [2.05, 4.69) is 126 Å². The molecule has 7 rings (SSSR count). The summed E-state index contributed by atoms with van der Waals surface area (Å²) < 4.78 is 0. The van der Waals surface area contributed by atoms with Gasteiger partial charge in [0.1, 0.15) is 5.84 Å². The molecule has 0 aromatic heterocycles. The van der Waals surface area contributed by atoms with Crippen LogP contribution in [0.5, 0.6) is 0 Å². The van der Waals surface area contributed by atoms with Gasteiger partial charge in [-0.2, -0.15) is 0 Å². The van der Waals surface area contributed by atoms with E-state index in [4.69, 9.17) is 0 Å². The van der Waals surface area contributed by atoms with Gasteiger partial charge in [-0.3, -0.25) is 4.99 Å². The molecule has 2 nitrogen and oxygen atoms in total. The van der Waals surface area contributed by atoms with Crippen LogP contribution in [0.15, 0.2) is 134 Å². The number of hydrogen-bond donors (Lipinski definition) is 1. The molecule has 5 heteroatoms. The summed E-state index contributed by atoms with van der Waals surface area (Å²) in [4.78, 5) is 9.53. The summed E-state index contributed by atoms with van der Waals surface area (Å²) in [6.07, 6.45) is 0. The van der Waals surface area contributed by atoms with Crippen molar-refractivity contribution in [2.75, 3.05) is 7.05 Å². The summed E-state index contributed by atoms with van der Waals surface area (Å²) in [7, 11) is 1.86. The molecule has 0 aliphatic carbocycles. The maximum atomic E-state index is 4.50. The molecule has 195 valence electrons. The van der Waals surface area contributed by atoms with E-state index in [-0.39, 0.29) is 23.1 Å². The predicted octanol–water partition coefficient (Wildman–Crippen LogP) is 9.49. The van der Waals surface area contributed by atoms with E-state index in [1.165, 1.54) is 63.0 Å². The number of hydrogen-bond acceptors (Lipinski definition) is 3. The van der Waals surface area contributed by atoms with Gasteiger partial charge < -0.3 is 5.32 Å². The summed E-state index contributed by atoms with van der Waals surface area (Å²) in [6, 6.07) is 40.3. The van der Waals surface area contributed by atoms with Crippen molar-refractivity contribution in [2.45, 2.75) is 32.5 Å². The second kappa shape index (κ2) is 10.7. The van der Waals surface area contributed by atoms with Gasteiger partial charge in [0.2, 0.25) is 0 Å². The minimum absolute atomic E-state index is 0. The average molecular weight is 590 g/mol. The van der Waals surface area contributed by atoms with Gasteiger partial charge in [-0.1, -0.05) is 84.2 Å². The summed E-state index contributed by atoms with van der Waals surface area (Å²) in [6.45, 7) is 2.21. The molecule has 0 saturated carbocycles. The third-order valence-electron chi connectivity index (χ3n) is 7.27. The van der Waals surface area contributed by atoms with Gasteiger partial charge in [-0.15, -0.1) is 0 Å². The molecule has 1 aliphatic heterocycles. The first kappa shape index (κ1) is 26.0. The summed E-state index contributed by atoms with van der Waals surface area (Å²) in [5.74, 6) is 0.979. The quantitative estimate of drug-likeness (QED) is 0.207. The fraction of sp³-hybridized carbons (Fsp3) is 0.0882. The van der Waals surface area contributed by atoms with Crippen LogP contribution in [0.2, 0.25) is 0 Å². The Kier molecular flexibility index (Phi) is 7.18. The SMILES string of the molecule is CN=C1NC(C)c2cc3cc(Sc4ccc5ccccc5c4)c(Sc4ccc5ccccc5c4)cc3cc21.[Cu]. The van der Waals surface area contributed by atoms with Gasteiger partial charge in [-0.25, -0.2) is 0 Å². The first-order chi connectivity index (χ1) is 18.6. The Bertz CT molecular complexity index is 1900. The Hall–Kier alpha value is -3.21. The van der Waals surface area contributed by atoms with Crippen LogP contribution in [0.3, 0.4) is 0 Å². The van der Waals surface area contributed by atoms with Crippen molar-refractivity contribution in [3.05, 3.63) is 120 Å². The second-order valence-electron chi connectivity index (χ2n) is 9.75. The third-order valence-corrected chi connectivity index (χ3v) is 9.49. The van der Waals surface area contributed by atoms with Crippen molar-refractivity contribution in [2.24, 2.45) is 4.99 Å². The van der Waals surface area contributed by atoms with Gasteiger partial charge in [-0.05, 0) is 93.3 Å². The maximum absolute atomic E-state index is 4.50. The average Bonchev–Trinajstić information content (AvgIpc) is 3.26. The van der Waals surface area contributed by atoms with Crippen LogP contribution in [0.1, 0.15) is 24.1 Å². The van der Waals surface area contributed by atoms with Crippen LogP contribution in [0.4, 0.5) is 0 Å². The van der Waals surface area contributed by atoms with Gasteiger partial charge >= 0.3 is 0 Å². The van der Waals surface area contributed by atoms with Crippen LogP contribution in [0.25, 0.3) is 32.3 Å². The van der Waals surface area contributed by atoms with Gasteiger partial charge in [0.05, 0.1) is 6.04 Å². The van der Waals surface area contributed by atoms with E-state index in [1.54, 1.807) is 0 Å². The van der Waals surface area contributed by atoms with Crippen LogP contribution in [-0.2, 0) is 17.1 Å². The summed E-state index contributed by atoms with van der Waals surface area (Å²) >= 11 is 3.69. The van der Waals surface area contributed by atoms with E-state index < -0.39 is 0 Å². The molecule has 1 aliphatic rings. The fourth-order valence-electron chi connectivity index (χ4n) is 5.31. The number of rotatable bonds is 4. The number of nitrogens with one attached hydrogen (secondary N) is 1. The zero-order valence-corrected chi connectivity index (χ0v) is 24.1. The Labute approximate surface area is 247 Å². The third kappa shape index (κ3) is 4.97. The number of nitrogens with zero attached hydrogens (tertiary/aromatic N) is 1. The monoisotopic (exact) mass is 589 g/mol. The molecule has 1 unspecified atom stereocenters. The number of amidine groups is 1. The molecular weight excluding hydrogens is 564 g/mol. The molecule has 0 bridgehead atoms. The summed E-state index contributed by atoms with van der Waals surface area (Å²) in [5.41, 5.74) is 2.53. The minimum Gasteiger partial charge on any atom is -0.363 e. The molecule has 39 heavy (non-hydrogen) atoms. The number of fused-ring (bicyclic) bond motifs is 4. The van der Waals surface area contributed by atoms with Crippen molar-refractivity contribution < 1.29 is 17.1 Å². The normalized spacial score (nSPS) is 15.4. The summed E-state index contributed by atoms with van der Waals surface area (Å²) in [5, 5.41) is 11.1. The molecule has 0 spiro atoms. The minimum atomic E-state index is 0. The predicted molar refractivity (Wildman–Crippen MR) is 164 cm³/mol. The smallest absolute Gasteiger partial charge is 0.128 e. The topological polar surface area (TPSA) is 24.4 Å². The fourth-order valence-corrected chi connectivity index (χ4v) is 7.40. The van der Waals surface area contributed by atoms with E-state index >= 15 is 0 Å². The molecule has 6 aromatic carbocycles. The molecule has 0 amide bonds. The van der Waals surface area contributed by atoms with Crippen molar-refractivity contribution >= 4 is 61.7 Å². The second-order valence-corrected chi connectivity index (χ2v) is 12.0. The van der Waals surface area contributed by atoms with Crippen LogP contribution in [0, 0.1) is 0 Å². The number of benzene rings is 6. The zero-order valence-electron chi connectivity index (χ0n) is 21.5. The maximum Gasteiger partial charge on any atom is 0.128 e. The molecule has 1 heterocycles. The molecular formula is C34H26CuN2S2. The standard InChI is InChI=1S/C34H26N2S2.Cu/c1-21-30-17-26-19-32(37-28-13-11-22-7-3-5-9-24(22)15-28)33(20-27(26)18-31(30)34(35-2)36-21)38-29-14-12-23-8-4-6-10-25(23)16-29;/h3-21H,1-2H3,(H,35,36);. The number of aliphatic imine (C=N–C) groups is 1. The van der Waals surface area contributed by atoms with E-state index in [0.717, 1.165) is 5.84 Å². The molecule has 1 radical (unpaired) electrons. The molecule has 0 saturated heterocycles. The van der Waals surface area contributed by atoms with Crippen LogP contribution >= 0.6 is 23.5 Å². The molecule has 6 aromatic rings. The Morgan fingerprint density at radius 1 is 0.590 bits per heavy atom. The van der Waals surface area contributed by atoms with Crippen LogP contribution < -0.4 is 5.32 Å². The van der Waals surface area contributed by atoms with Crippen molar-refractivity contribution in [3.8, 4) is 0 Å². The first-order valence-corrected chi connectivity index (χ1v) is 14.5.